The number of hydrogen-bond acceptors (Lipinski definition) is 4. The molecule has 0 bridgehead atoms. The van der Waals surface area contributed by atoms with E-state index in [1.807, 2.05) is 6.92 Å². The number of nitrogens with zero attached hydrogens (tertiary/aromatic N) is 2. The quantitative estimate of drug-likeness (QED) is 0.863. The first-order chi connectivity index (χ1) is 9.63. The zero-order valence-electron chi connectivity index (χ0n) is 11.0. The Kier molecular flexibility index (Phi) is 4.24. The summed E-state index contributed by atoms with van der Waals surface area (Å²) in [5, 5.41) is 12.2. The van der Waals surface area contributed by atoms with E-state index in [2.05, 4.69) is 15.3 Å². The van der Waals surface area contributed by atoms with Gasteiger partial charge < -0.3 is 10.4 Å². The van der Waals surface area contributed by atoms with Crippen molar-refractivity contribution in [1.82, 2.24) is 15.3 Å². The summed E-state index contributed by atoms with van der Waals surface area (Å²) < 4.78 is 0. The summed E-state index contributed by atoms with van der Waals surface area (Å²) in [7, 11) is 0. The van der Waals surface area contributed by atoms with Gasteiger partial charge in [0.25, 0.3) is 5.91 Å². The second-order valence-electron chi connectivity index (χ2n) is 4.40. The molecular weight excluding hydrogens is 258 g/mol. The van der Waals surface area contributed by atoms with Crippen molar-refractivity contribution in [2.45, 2.75) is 25.8 Å². The van der Waals surface area contributed by atoms with Gasteiger partial charge in [0.1, 0.15) is 6.04 Å². The number of aromatic nitrogens is 2. The zero-order chi connectivity index (χ0) is 14.5. The molecule has 1 amide bonds. The summed E-state index contributed by atoms with van der Waals surface area (Å²) >= 11 is 0. The number of hydrogen-bond donors (Lipinski definition) is 2. The zero-order valence-corrected chi connectivity index (χ0v) is 11.0. The predicted molar refractivity (Wildman–Crippen MR) is 73.3 cm³/mol. The number of fused-ring (bicyclic) bond motifs is 1. The molecular formula is C14H15N3O3. The molecule has 0 fully saturated rings. The van der Waals surface area contributed by atoms with Crippen LogP contribution in [-0.4, -0.2) is 33.0 Å². The maximum absolute atomic E-state index is 12.2. The van der Waals surface area contributed by atoms with E-state index in [1.54, 1.807) is 24.5 Å². The van der Waals surface area contributed by atoms with E-state index in [0.717, 1.165) is 0 Å². The van der Waals surface area contributed by atoms with Crippen molar-refractivity contribution in [2.24, 2.45) is 0 Å². The largest absolute Gasteiger partial charge is 0.480 e. The van der Waals surface area contributed by atoms with Crippen LogP contribution >= 0.6 is 0 Å². The van der Waals surface area contributed by atoms with Gasteiger partial charge in [-0.25, -0.2) is 4.79 Å². The highest BCUT2D eigenvalue weighted by molar-refractivity contribution is 6.06. The van der Waals surface area contributed by atoms with Crippen molar-refractivity contribution in [3.05, 3.63) is 36.3 Å². The highest BCUT2D eigenvalue weighted by Gasteiger charge is 2.20. The molecule has 0 aliphatic heterocycles. The van der Waals surface area contributed by atoms with Gasteiger partial charge in [0.2, 0.25) is 0 Å². The minimum Gasteiger partial charge on any atom is -0.480 e. The van der Waals surface area contributed by atoms with Gasteiger partial charge in [-0.3, -0.25) is 14.8 Å². The van der Waals surface area contributed by atoms with E-state index in [0.29, 0.717) is 29.3 Å². The number of carboxylic acids is 1. The van der Waals surface area contributed by atoms with E-state index in [-0.39, 0.29) is 0 Å². The number of carboxylic acid groups (broad SMARTS) is 1. The summed E-state index contributed by atoms with van der Waals surface area (Å²) in [4.78, 5) is 31.4. The number of aliphatic carboxylic acids is 1. The standard InChI is InChI=1S/C14H15N3O3/c1-2-3-12(14(19)20)17-13(18)9-4-7-16-11-5-6-15-8-10(9)11/h4-8,12H,2-3H2,1H3,(H,17,18)(H,19,20). The first-order valence-electron chi connectivity index (χ1n) is 6.36. The van der Waals surface area contributed by atoms with Crippen molar-refractivity contribution in [2.75, 3.05) is 0 Å². The first-order valence-corrected chi connectivity index (χ1v) is 6.36. The fraction of sp³-hybridized carbons (Fsp3) is 0.286. The third-order valence-electron chi connectivity index (χ3n) is 2.97. The number of amides is 1. The molecule has 2 N–H and O–H groups in total. The lowest BCUT2D eigenvalue weighted by molar-refractivity contribution is -0.139. The maximum atomic E-state index is 12.2. The molecule has 0 spiro atoms. The Hall–Kier alpha value is -2.50. The summed E-state index contributed by atoms with van der Waals surface area (Å²) in [5.74, 6) is -1.46. The number of rotatable bonds is 5. The Morgan fingerprint density at radius 1 is 1.35 bits per heavy atom. The van der Waals surface area contributed by atoms with E-state index < -0.39 is 17.9 Å². The Bertz CT molecular complexity index is 637. The van der Waals surface area contributed by atoms with Crippen LogP contribution in [0.15, 0.2) is 30.7 Å². The second kappa shape index (κ2) is 6.10. The Morgan fingerprint density at radius 3 is 2.85 bits per heavy atom. The van der Waals surface area contributed by atoms with Crippen LogP contribution in [0.5, 0.6) is 0 Å². The average molecular weight is 273 g/mol. The van der Waals surface area contributed by atoms with Crippen LogP contribution < -0.4 is 5.32 Å². The lowest BCUT2D eigenvalue weighted by Crippen LogP contribution is -2.40. The monoisotopic (exact) mass is 273 g/mol. The molecule has 6 nitrogen and oxygen atoms in total. The molecule has 0 aromatic carbocycles. The van der Waals surface area contributed by atoms with Crippen LogP contribution in [0.25, 0.3) is 10.9 Å². The van der Waals surface area contributed by atoms with Gasteiger partial charge in [-0.1, -0.05) is 13.3 Å². The maximum Gasteiger partial charge on any atom is 0.326 e. The Balaban J connectivity index is 2.29. The van der Waals surface area contributed by atoms with Crippen LogP contribution in [0, 0.1) is 0 Å². The molecule has 2 aromatic heterocycles. The molecule has 2 rings (SSSR count). The van der Waals surface area contributed by atoms with Crippen LogP contribution in [0.3, 0.4) is 0 Å². The highest BCUT2D eigenvalue weighted by atomic mass is 16.4. The Morgan fingerprint density at radius 2 is 2.15 bits per heavy atom. The van der Waals surface area contributed by atoms with Gasteiger partial charge >= 0.3 is 5.97 Å². The van der Waals surface area contributed by atoms with Gasteiger partial charge in [0, 0.05) is 24.0 Å². The molecule has 6 heteroatoms. The molecule has 0 aliphatic carbocycles. The number of carbonyl (C=O) groups is 2. The number of nitrogens with one attached hydrogen (secondary N) is 1. The molecule has 0 aliphatic rings. The minimum absolute atomic E-state index is 0.380. The SMILES string of the molecule is CCCC(NC(=O)c1ccnc2ccncc12)C(=O)O. The first kappa shape index (κ1) is 13.9. The molecule has 0 saturated carbocycles. The molecule has 20 heavy (non-hydrogen) atoms. The van der Waals surface area contributed by atoms with E-state index in [9.17, 15) is 9.59 Å². The lowest BCUT2D eigenvalue weighted by atomic mass is 10.1. The van der Waals surface area contributed by atoms with Crippen LogP contribution in [0.1, 0.15) is 30.1 Å². The van der Waals surface area contributed by atoms with E-state index in [1.165, 1.54) is 6.20 Å². The molecule has 1 unspecified atom stereocenters. The van der Waals surface area contributed by atoms with Crippen molar-refractivity contribution in [1.29, 1.82) is 0 Å². The number of pyridine rings is 2. The average Bonchev–Trinajstić information content (AvgIpc) is 2.46. The van der Waals surface area contributed by atoms with E-state index in [4.69, 9.17) is 5.11 Å². The summed E-state index contributed by atoms with van der Waals surface area (Å²) in [6.07, 6.45) is 5.73. The van der Waals surface area contributed by atoms with Gasteiger partial charge in [-0.15, -0.1) is 0 Å². The Labute approximate surface area is 115 Å². The molecule has 1 atom stereocenters. The van der Waals surface area contributed by atoms with Gasteiger partial charge in [0.15, 0.2) is 0 Å². The van der Waals surface area contributed by atoms with Crippen LogP contribution in [0.2, 0.25) is 0 Å². The fourth-order valence-corrected chi connectivity index (χ4v) is 1.97. The minimum atomic E-state index is -1.03. The van der Waals surface area contributed by atoms with Crippen molar-refractivity contribution in [3.63, 3.8) is 0 Å². The third kappa shape index (κ3) is 2.90. The van der Waals surface area contributed by atoms with Crippen molar-refractivity contribution in [3.8, 4) is 0 Å². The fourth-order valence-electron chi connectivity index (χ4n) is 1.97. The molecule has 0 radical (unpaired) electrons. The topological polar surface area (TPSA) is 92.2 Å². The molecule has 2 aromatic rings. The number of carbonyl (C=O) groups excluding carboxylic acids is 1. The summed E-state index contributed by atoms with van der Waals surface area (Å²) in [6.45, 7) is 1.87. The second-order valence-corrected chi connectivity index (χ2v) is 4.40. The normalized spacial score (nSPS) is 12.1. The summed E-state index contributed by atoms with van der Waals surface area (Å²) in [6, 6.07) is 2.38. The molecule has 0 saturated heterocycles. The lowest BCUT2D eigenvalue weighted by Gasteiger charge is -2.14. The predicted octanol–water partition coefficient (Wildman–Crippen LogP) is 1.61. The molecule has 2 heterocycles. The van der Waals surface area contributed by atoms with Crippen molar-refractivity contribution < 1.29 is 14.7 Å². The van der Waals surface area contributed by atoms with Crippen molar-refractivity contribution >= 4 is 22.8 Å². The highest BCUT2D eigenvalue weighted by Crippen LogP contribution is 2.15. The van der Waals surface area contributed by atoms with E-state index >= 15 is 0 Å². The van der Waals surface area contributed by atoms with Gasteiger partial charge in [0.05, 0.1) is 11.1 Å². The smallest absolute Gasteiger partial charge is 0.326 e. The van der Waals surface area contributed by atoms with Crippen LogP contribution in [0.4, 0.5) is 0 Å². The van der Waals surface area contributed by atoms with Crippen LogP contribution in [-0.2, 0) is 4.79 Å². The van der Waals surface area contributed by atoms with Gasteiger partial charge in [-0.05, 0) is 18.6 Å². The van der Waals surface area contributed by atoms with Gasteiger partial charge in [-0.2, -0.15) is 0 Å². The molecule has 104 valence electrons. The third-order valence-corrected chi connectivity index (χ3v) is 2.97. The summed E-state index contributed by atoms with van der Waals surface area (Å²) in [5.41, 5.74) is 1.03.